The highest BCUT2D eigenvalue weighted by Crippen LogP contribution is 2.45. The molecule has 0 fully saturated rings. The minimum Gasteiger partial charge on any atom is -0.456 e. The minimum absolute atomic E-state index is 0.862. The Labute approximate surface area is 270 Å². The molecule has 0 saturated carbocycles. The maximum atomic E-state index is 6.56. The Morgan fingerprint density at radius 1 is 0.340 bits per heavy atom. The van der Waals surface area contributed by atoms with Crippen molar-refractivity contribution in [3.8, 4) is 11.1 Å². The Balaban J connectivity index is 1.23. The predicted octanol–water partition coefficient (Wildman–Crippen LogP) is 12.9. The Morgan fingerprint density at radius 2 is 1.02 bits per heavy atom. The molecule has 2 aromatic heterocycles. The number of benzene rings is 8. The summed E-state index contributed by atoms with van der Waals surface area (Å²) in [6.45, 7) is 0. The van der Waals surface area contributed by atoms with Crippen LogP contribution in [-0.4, -0.2) is 0 Å². The summed E-state index contributed by atoms with van der Waals surface area (Å²) < 4.78 is 12.8. The highest BCUT2D eigenvalue weighted by atomic mass is 16.3. The lowest BCUT2D eigenvalue weighted by molar-refractivity contribution is 0.669. The van der Waals surface area contributed by atoms with Crippen molar-refractivity contribution in [1.82, 2.24) is 0 Å². The third-order valence-electron chi connectivity index (χ3n) is 9.41. The number of hydrogen-bond donors (Lipinski definition) is 0. The molecule has 2 heterocycles. The molecule has 0 saturated heterocycles. The summed E-state index contributed by atoms with van der Waals surface area (Å²) in [4.78, 5) is 2.35. The zero-order valence-electron chi connectivity index (χ0n) is 25.4. The average Bonchev–Trinajstić information content (AvgIpc) is 3.69. The predicted molar refractivity (Wildman–Crippen MR) is 196 cm³/mol. The summed E-state index contributed by atoms with van der Waals surface area (Å²) in [5, 5.41) is 9.18. The van der Waals surface area contributed by atoms with Crippen LogP contribution in [0, 0.1) is 0 Å². The molecular weight excluding hydrogens is 574 g/mol. The molecule has 0 amide bonds. The fourth-order valence-corrected chi connectivity index (χ4v) is 7.23. The molecule has 3 heteroatoms. The van der Waals surface area contributed by atoms with Crippen LogP contribution in [0.4, 0.5) is 17.1 Å². The summed E-state index contributed by atoms with van der Waals surface area (Å²) >= 11 is 0. The van der Waals surface area contributed by atoms with E-state index in [1.54, 1.807) is 0 Å². The van der Waals surface area contributed by atoms with Crippen LogP contribution in [0.3, 0.4) is 0 Å². The van der Waals surface area contributed by atoms with Gasteiger partial charge in [0.25, 0.3) is 0 Å². The maximum Gasteiger partial charge on any atom is 0.137 e. The third kappa shape index (κ3) is 4.07. The molecule has 220 valence electrons. The fourth-order valence-electron chi connectivity index (χ4n) is 7.23. The highest BCUT2D eigenvalue weighted by molar-refractivity contribution is 6.21. The number of nitrogens with zero attached hydrogens (tertiary/aromatic N) is 1. The zero-order chi connectivity index (χ0) is 30.9. The quantitative estimate of drug-likeness (QED) is 0.201. The van der Waals surface area contributed by atoms with Gasteiger partial charge in [-0.25, -0.2) is 0 Å². The van der Waals surface area contributed by atoms with Crippen molar-refractivity contribution in [2.75, 3.05) is 4.90 Å². The Morgan fingerprint density at radius 3 is 1.94 bits per heavy atom. The molecule has 47 heavy (non-hydrogen) atoms. The molecule has 0 aliphatic carbocycles. The molecule has 0 bridgehead atoms. The summed E-state index contributed by atoms with van der Waals surface area (Å²) in [6.07, 6.45) is 0. The first-order chi connectivity index (χ1) is 23.3. The van der Waals surface area contributed by atoms with E-state index >= 15 is 0 Å². The van der Waals surface area contributed by atoms with Crippen molar-refractivity contribution in [2.24, 2.45) is 0 Å². The van der Waals surface area contributed by atoms with Gasteiger partial charge in [0.1, 0.15) is 22.3 Å². The normalized spacial score (nSPS) is 11.8. The van der Waals surface area contributed by atoms with Crippen molar-refractivity contribution in [3.63, 3.8) is 0 Å². The number of furan rings is 2. The van der Waals surface area contributed by atoms with Crippen molar-refractivity contribution < 1.29 is 8.83 Å². The molecule has 0 atom stereocenters. The van der Waals surface area contributed by atoms with E-state index in [2.05, 4.69) is 157 Å². The SMILES string of the molecule is c1ccc(-c2cccc(N(c3ccc4c(c3)oc3cc5ccccc5cc34)c3cccc4c3ccc3oc5ccccc5c34)c2)cc1. The van der Waals surface area contributed by atoms with E-state index in [0.717, 1.165) is 77.3 Å². The van der Waals surface area contributed by atoms with Gasteiger partial charge in [0.15, 0.2) is 0 Å². The summed E-state index contributed by atoms with van der Waals surface area (Å²) in [5.41, 5.74) is 9.06. The third-order valence-corrected chi connectivity index (χ3v) is 9.41. The lowest BCUT2D eigenvalue weighted by Gasteiger charge is -2.27. The number of para-hydroxylation sites is 1. The maximum absolute atomic E-state index is 6.56. The summed E-state index contributed by atoms with van der Waals surface area (Å²) in [6, 6.07) is 57.9. The molecule has 0 aliphatic heterocycles. The molecule has 10 aromatic rings. The van der Waals surface area contributed by atoms with Gasteiger partial charge < -0.3 is 13.7 Å². The van der Waals surface area contributed by atoms with Crippen LogP contribution in [-0.2, 0) is 0 Å². The Hall–Kier alpha value is -6.32. The number of anilines is 3. The zero-order valence-corrected chi connectivity index (χ0v) is 25.4. The van der Waals surface area contributed by atoms with Crippen molar-refractivity contribution >= 4 is 82.5 Å². The highest BCUT2D eigenvalue weighted by Gasteiger charge is 2.20. The van der Waals surface area contributed by atoms with Gasteiger partial charge in [0, 0.05) is 44.4 Å². The van der Waals surface area contributed by atoms with Crippen LogP contribution in [0.5, 0.6) is 0 Å². The Kier molecular flexibility index (Phi) is 5.57. The van der Waals surface area contributed by atoms with Crippen LogP contribution < -0.4 is 4.90 Å². The first-order valence-corrected chi connectivity index (χ1v) is 15.9. The van der Waals surface area contributed by atoms with Crippen molar-refractivity contribution in [1.29, 1.82) is 0 Å². The van der Waals surface area contributed by atoms with E-state index in [1.807, 2.05) is 12.1 Å². The van der Waals surface area contributed by atoms with E-state index in [1.165, 1.54) is 16.3 Å². The van der Waals surface area contributed by atoms with E-state index in [4.69, 9.17) is 8.83 Å². The first-order valence-electron chi connectivity index (χ1n) is 15.9. The first kappa shape index (κ1) is 26.0. The molecule has 8 aromatic carbocycles. The fraction of sp³-hybridized carbons (Fsp3) is 0. The van der Waals surface area contributed by atoms with Crippen LogP contribution >= 0.6 is 0 Å². The van der Waals surface area contributed by atoms with Gasteiger partial charge in [-0.1, -0.05) is 97.1 Å². The second kappa shape index (κ2) is 10.1. The van der Waals surface area contributed by atoms with E-state index < -0.39 is 0 Å². The topological polar surface area (TPSA) is 29.5 Å². The molecule has 3 nitrogen and oxygen atoms in total. The van der Waals surface area contributed by atoms with Crippen LogP contribution in [0.1, 0.15) is 0 Å². The average molecular weight is 602 g/mol. The van der Waals surface area contributed by atoms with Crippen molar-refractivity contribution in [2.45, 2.75) is 0 Å². The smallest absolute Gasteiger partial charge is 0.137 e. The van der Waals surface area contributed by atoms with E-state index in [9.17, 15) is 0 Å². The van der Waals surface area contributed by atoms with Gasteiger partial charge in [0.05, 0.1) is 5.69 Å². The molecule has 0 aliphatic rings. The molecular formula is C44H27NO2. The molecule has 0 unspecified atom stereocenters. The number of rotatable bonds is 4. The lowest BCUT2D eigenvalue weighted by atomic mass is 10.00. The molecule has 10 rings (SSSR count). The number of fused-ring (bicyclic) bond motifs is 9. The second-order valence-corrected chi connectivity index (χ2v) is 12.1. The number of hydrogen-bond acceptors (Lipinski definition) is 3. The molecule has 0 radical (unpaired) electrons. The Bertz CT molecular complexity index is 2810. The van der Waals surface area contributed by atoms with Gasteiger partial charge >= 0.3 is 0 Å². The van der Waals surface area contributed by atoms with Crippen LogP contribution in [0.2, 0.25) is 0 Å². The summed E-state index contributed by atoms with van der Waals surface area (Å²) in [7, 11) is 0. The standard InChI is InChI=1S/C44H27NO2/c1-2-10-28(11-3-1)29-14-8-15-32(24-29)45(33-20-21-35-38-25-30-12-4-5-13-31(30)26-42(38)47-43(35)27-33)39-18-9-17-36-34(39)22-23-41-44(36)37-16-6-7-19-40(37)46-41/h1-27H. The molecule has 0 spiro atoms. The van der Waals surface area contributed by atoms with E-state index in [-0.39, 0.29) is 0 Å². The summed E-state index contributed by atoms with van der Waals surface area (Å²) in [5.74, 6) is 0. The van der Waals surface area contributed by atoms with Crippen LogP contribution in [0.15, 0.2) is 173 Å². The van der Waals surface area contributed by atoms with Gasteiger partial charge in [-0.3, -0.25) is 0 Å². The van der Waals surface area contributed by atoms with E-state index in [0.29, 0.717) is 0 Å². The minimum atomic E-state index is 0.862. The molecule has 0 N–H and O–H groups in total. The lowest BCUT2D eigenvalue weighted by Crippen LogP contribution is -2.10. The van der Waals surface area contributed by atoms with Gasteiger partial charge in [-0.15, -0.1) is 0 Å². The van der Waals surface area contributed by atoms with Crippen molar-refractivity contribution in [3.05, 3.63) is 164 Å². The monoisotopic (exact) mass is 601 g/mol. The van der Waals surface area contributed by atoms with Gasteiger partial charge in [-0.05, 0) is 87.9 Å². The van der Waals surface area contributed by atoms with Crippen LogP contribution in [0.25, 0.3) is 76.5 Å². The van der Waals surface area contributed by atoms with Gasteiger partial charge in [-0.2, -0.15) is 0 Å². The van der Waals surface area contributed by atoms with Gasteiger partial charge in [0.2, 0.25) is 0 Å². The second-order valence-electron chi connectivity index (χ2n) is 12.1. The largest absolute Gasteiger partial charge is 0.456 e.